The third kappa shape index (κ3) is 3.16. The van der Waals surface area contributed by atoms with Gasteiger partial charge in [-0.2, -0.15) is 0 Å². The molecule has 1 saturated heterocycles. The van der Waals surface area contributed by atoms with Crippen LogP contribution in [0.3, 0.4) is 0 Å². The van der Waals surface area contributed by atoms with Crippen molar-refractivity contribution < 1.29 is 4.74 Å². The molecule has 3 heteroatoms. The highest BCUT2D eigenvalue weighted by Crippen LogP contribution is 2.10. The van der Waals surface area contributed by atoms with Gasteiger partial charge in [-0.1, -0.05) is 22.6 Å². The Bertz CT molecular complexity index is 83.7. The van der Waals surface area contributed by atoms with Crippen LogP contribution in [0.15, 0.2) is 0 Å². The van der Waals surface area contributed by atoms with Crippen molar-refractivity contribution in [3.05, 3.63) is 0 Å². The minimum absolute atomic E-state index is 0.781. The van der Waals surface area contributed by atoms with Crippen molar-refractivity contribution in [2.75, 3.05) is 30.7 Å². The van der Waals surface area contributed by atoms with Gasteiger partial charge in [-0.25, -0.2) is 0 Å². The summed E-state index contributed by atoms with van der Waals surface area (Å²) >= 11 is 2.38. The van der Waals surface area contributed by atoms with Crippen LogP contribution < -0.4 is 5.32 Å². The Morgan fingerprint density at radius 2 is 2.50 bits per heavy atom. The van der Waals surface area contributed by atoms with E-state index in [1.165, 1.54) is 10.8 Å². The predicted molar refractivity (Wildman–Crippen MR) is 50.7 cm³/mol. The number of hydrogen-bond acceptors (Lipinski definition) is 2. The maximum Gasteiger partial charge on any atom is 0.0507 e. The second kappa shape index (κ2) is 5.32. The average Bonchev–Trinajstić information content (AvgIpc) is 2.41. The topological polar surface area (TPSA) is 21.3 Å². The molecule has 1 atom stereocenters. The zero-order valence-corrected chi connectivity index (χ0v) is 8.26. The average molecular weight is 255 g/mol. The maximum atomic E-state index is 5.25. The quantitative estimate of drug-likeness (QED) is 0.460. The lowest BCUT2D eigenvalue weighted by molar-refractivity contribution is 0.185. The molecule has 0 spiro atoms. The van der Waals surface area contributed by atoms with Crippen LogP contribution in [0.4, 0.5) is 0 Å². The van der Waals surface area contributed by atoms with E-state index in [1.54, 1.807) is 0 Å². The smallest absolute Gasteiger partial charge is 0.0507 e. The normalized spacial score (nSPS) is 25.5. The molecule has 0 aromatic carbocycles. The first-order valence-electron chi connectivity index (χ1n) is 3.78. The first kappa shape index (κ1) is 8.74. The van der Waals surface area contributed by atoms with E-state index in [1.807, 2.05) is 0 Å². The lowest BCUT2D eigenvalue weighted by Gasteiger charge is -2.06. The monoisotopic (exact) mass is 255 g/mol. The Balaban J connectivity index is 1.91. The van der Waals surface area contributed by atoms with Crippen molar-refractivity contribution in [1.82, 2.24) is 5.32 Å². The lowest BCUT2D eigenvalue weighted by atomic mass is 10.1. The highest BCUT2D eigenvalue weighted by molar-refractivity contribution is 14.1. The highest BCUT2D eigenvalue weighted by Gasteiger charge is 2.13. The number of rotatable bonds is 4. The van der Waals surface area contributed by atoms with E-state index in [0.29, 0.717) is 0 Å². The molecule has 60 valence electrons. The molecule has 0 amide bonds. The van der Waals surface area contributed by atoms with Crippen molar-refractivity contribution in [1.29, 1.82) is 0 Å². The van der Waals surface area contributed by atoms with Crippen LogP contribution in [0, 0.1) is 5.92 Å². The summed E-state index contributed by atoms with van der Waals surface area (Å²) in [7, 11) is 0. The van der Waals surface area contributed by atoms with Gasteiger partial charge in [0.05, 0.1) is 6.61 Å². The number of alkyl halides is 1. The zero-order valence-electron chi connectivity index (χ0n) is 6.11. The van der Waals surface area contributed by atoms with E-state index in [0.717, 1.165) is 32.2 Å². The minimum Gasteiger partial charge on any atom is -0.381 e. The summed E-state index contributed by atoms with van der Waals surface area (Å²) in [6.07, 6.45) is 1.24. The Morgan fingerprint density at radius 1 is 1.60 bits per heavy atom. The first-order valence-corrected chi connectivity index (χ1v) is 5.30. The second-order valence-corrected chi connectivity index (χ2v) is 3.70. The number of ether oxygens (including phenoxy) is 1. The number of halogens is 1. The molecule has 0 aliphatic carbocycles. The Kier molecular flexibility index (Phi) is 4.65. The molecule has 0 aromatic heterocycles. The summed E-state index contributed by atoms with van der Waals surface area (Å²) in [6.45, 7) is 4.21. The molecule has 0 bridgehead atoms. The molecule has 1 N–H and O–H groups in total. The molecule has 0 aromatic rings. The van der Waals surface area contributed by atoms with Crippen LogP contribution in [0.25, 0.3) is 0 Å². The van der Waals surface area contributed by atoms with Gasteiger partial charge in [0, 0.05) is 24.1 Å². The second-order valence-electron chi connectivity index (χ2n) is 2.62. The third-order valence-corrected chi connectivity index (χ3v) is 2.27. The van der Waals surface area contributed by atoms with Gasteiger partial charge in [-0.05, 0) is 12.3 Å². The molecule has 1 rings (SSSR count). The Hall–Kier alpha value is 0.650. The van der Waals surface area contributed by atoms with Crippen LogP contribution in [-0.2, 0) is 4.74 Å². The standard InChI is InChI=1S/C7H14INO/c8-2-3-9-5-7-1-4-10-6-7/h7,9H,1-6H2. The third-order valence-electron chi connectivity index (χ3n) is 1.73. The summed E-state index contributed by atoms with van der Waals surface area (Å²) < 4.78 is 6.45. The van der Waals surface area contributed by atoms with E-state index in [4.69, 9.17) is 4.74 Å². The molecule has 2 nitrogen and oxygen atoms in total. The van der Waals surface area contributed by atoms with Crippen molar-refractivity contribution in [3.8, 4) is 0 Å². The number of nitrogens with one attached hydrogen (secondary N) is 1. The molecular weight excluding hydrogens is 241 g/mol. The molecule has 1 aliphatic heterocycles. The van der Waals surface area contributed by atoms with Gasteiger partial charge < -0.3 is 10.1 Å². The lowest BCUT2D eigenvalue weighted by Crippen LogP contribution is -2.24. The number of hydrogen-bond donors (Lipinski definition) is 1. The molecular formula is C7H14INO. The Morgan fingerprint density at radius 3 is 3.10 bits per heavy atom. The molecule has 1 aliphatic rings. The van der Waals surface area contributed by atoms with Gasteiger partial charge in [-0.15, -0.1) is 0 Å². The van der Waals surface area contributed by atoms with Gasteiger partial charge in [0.2, 0.25) is 0 Å². The molecule has 1 heterocycles. The predicted octanol–water partition coefficient (Wildman–Crippen LogP) is 1.05. The van der Waals surface area contributed by atoms with Gasteiger partial charge in [0.15, 0.2) is 0 Å². The fraction of sp³-hybridized carbons (Fsp3) is 1.00. The van der Waals surface area contributed by atoms with Gasteiger partial charge in [0.1, 0.15) is 0 Å². The molecule has 0 radical (unpaired) electrons. The zero-order chi connectivity index (χ0) is 7.23. The minimum atomic E-state index is 0.781. The van der Waals surface area contributed by atoms with Crippen molar-refractivity contribution >= 4 is 22.6 Å². The highest BCUT2D eigenvalue weighted by atomic mass is 127. The fourth-order valence-electron chi connectivity index (χ4n) is 1.12. The maximum absolute atomic E-state index is 5.25. The van der Waals surface area contributed by atoms with Crippen molar-refractivity contribution in [2.45, 2.75) is 6.42 Å². The largest absolute Gasteiger partial charge is 0.381 e. The van der Waals surface area contributed by atoms with Crippen LogP contribution >= 0.6 is 22.6 Å². The van der Waals surface area contributed by atoms with E-state index >= 15 is 0 Å². The molecule has 10 heavy (non-hydrogen) atoms. The molecule has 1 fully saturated rings. The summed E-state index contributed by atoms with van der Waals surface area (Å²) in [4.78, 5) is 0. The van der Waals surface area contributed by atoms with Crippen molar-refractivity contribution in [3.63, 3.8) is 0 Å². The summed E-state index contributed by atoms with van der Waals surface area (Å²) in [5.74, 6) is 0.781. The van der Waals surface area contributed by atoms with E-state index in [9.17, 15) is 0 Å². The fourth-order valence-corrected chi connectivity index (χ4v) is 1.50. The molecule has 1 unspecified atom stereocenters. The van der Waals surface area contributed by atoms with Crippen LogP contribution in [0.1, 0.15) is 6.42 Å². The van der Waals surface area contributed by atoms with E-state index < -0.39 is 0 Å². The van der Waals surface area contributed by atoms with Gasteiger partial charge >= 0.3 is 0 Å². The van der Waals surface area contributed by atoms with Crippen molar-refractivity contribution in [2.24, 2.45) is 5.92 Å². The summed E-state index contributed by atoms with van der Waals surface area (Å²) in [5.41, 5.74) is 0. The summed E-state index contributed by atoms with van der Waals surface area (Å²) in [5, 5.41) is 3.39. The SMILES string of the molecule is ICCNCC1CCOC1. The van der Waals surface area contributed by atoms with Crippen LogP contribution in [-0.4, -0.2) is 30.7 Å². The summed E-state index contributed by atoms with van der Waals surface area (Å²) in [6, 6.07) is 0. The first-order chi connectivity index (χ1) is 4.93. The Labute approximate surface area is 75.8 Å². The van der Waals surface area contributed by atoms with Crippen LogP contribution in [0.2, 0.25) is 0 Å². The van der Waals surface area contributed by atoms with E-state index in [-0.39, 0.29) is 0 Å². The van der Waals surface area contributed by atoms with Gasteiger partial charge in [0.25, 0.3) is 0 Å². The molecule has 0 saturated carbocycles. The van der Waals surface area contributed by atoms with E-state index in [2.05, 4.69) is 27.9 Å². The van der Waals surface area contributed by atoms with Crippen LogP contribution in [0.5, 0.6) is 0 Å². The van der Waals surface area contributed by atoms with Gasteiger partial charge in [-0.3, -0.25) is 0 Å².